The highest BCUT2D eigenvalue weighted by atomic mass is 32.1. The molecule has 3 nitrogen and oxygen atoms in total. The first-order valence-corrected chi connectivity index (χ1v) is 7.08. The van der Waals surface area contributed by atoms with E-state index in [1.807, 2.05) is 0 Å². The van der Waals surface area contributed by atoms with Crippen LogP contribution in [0.15, 0.2) is 29.6 Å². The molecule has 0 bridgehead atoms. The van der Waals surface area contributed by atoms with E-state index in [0.29, 0.717) is 0 Å². The van der Waals surface area contributed by atoms with Crippen molar-refractivity contribution in [3.05, 3.63) is 35.2 Å². The zero-order valence-corrected chi connectivity index (χ0v) is 10.7. The Kier molecular flexibility index (Phi) is 3.06. The largest absolute Gasteiger partial charge is 0.480 e. The fourth-order valence-electron chi connectivity index (χ4n) is 2.67. The first-order chi connectivity index (χ1) is 8.75. The van der Waals surface area contributed by atoms with Gasteiger partial charge in [0.05, 0.1) is 0 Å². The van der Waals surface area contributed by atoms with Crippen LogP contribution in [0.1, 0.15) is 30.9 Å². The zero-order chi connectivity index (χ0) is 12.5. The summed E-state index contributed by atoms with van der Waals surface area (Å²) in [5.41, 5.74) is 1.24. The summed E-state index contributed by atoms with van der Waals surface area (Å²) in [6.07, 6.45) is 2.71. The minimum atomic E-state index is -0.738. The van der Waals surface area contributed by atoms with Gasteiger partial charge in [0, 0.05) is 10.7 Å². The van der Waals surface area contributed by atoms with Gasteiger partial charge in [-0.25, -0.2) is 0 Å². The highest BCUT2D eigenvalue weighted by Crippen LogP contribution is 2.33. The van der Waals surface area contributed by atoms with Crippen molar-refractivity contribution < 1.29 is 9.90 Å². The van der Waals surface area contributed by atoms with Gasteiger partial charge in [0.1, 0.15) is 6.04 Å². The fraction of sp³-hybridized carbons (Fsp3) is 0.357. The predicted octanol–water partition coefficient (Wildman–Crippen LogP) is 3.17. The Labute approximate surface area is 109 Å². The standard InChI is InChI=1S/C14H15NO2S/c16-14(17)12-6-2-5-11(15-12)10-4-1-3-9-7-8-18-13(9)10/h1,3-4,7-8,11-12,15H,2,5-6H2,(H,16,17). The average molecular weight is 261 g/mol. The van der Waals surface area contributed by atoms with Crippen molar-refractivity contribution in [3.63, 3.8) is 0 Å². The van der Waals surface area contributed by atoms with Gasteiger partial charge >= 0.3 is 5.97 Å². The second-order valence-corrected chi connectivity index (χ2v) is 5.64. The van der Waals surface area contributed by atoms with E-state index in [2.05, 4.69) is 35.0 Å². The smallest absolute Gasteiger partial charge is 0.320 e. The molecule has 0 radical (unpaired) electrons. The number of piperidine rings is 1. The summed E-state index contributed by atoms with van der Waals surface area (Å²) >= 11 is 1.73. The molecule has 0 aliphatic carbocycles. The van der Waals surface area contributed by atoms with Crippen LogP contribution in [0.25, 0.3) is 10.1 Å². The first kappa shape index (κ1) is 11.7. The third-order valence-electron chi connectivity index (χ3n) is 3.57. The minimum absolute atomic E-state index is 0.169. The van der Waals surface area contributed by atoms with E-state index in [9.17, 15) is 4.79 Å². The van der Waals surface area contributed by atoms with Gasteiger partial charge in [0.15, 0.2) is 0 Å². The van der Waals surface area contributed by atoms with Gasteiger partial charge in [-0.05, 0) is 41.7 Å². The van der Waals surface area contributed by atoms with E-state index >= 15 is 0 Å². The second kappa shape index (κ2) is 4.71. The summed E-state index contributed by atoms with van der Waals surface area (Å²) in [5, 5.41) is 15.7. The normalized spacial score (nSPS) is 24.2. The first-order valence-electron chi connectivity index (χ1n) is 6.20. The van der Waals surface area contributed by atoms with E-state index in [1.165, 1.54) is 15.6 Å². The molecule has 18 heavy (non-hydrogen) atoms. The monoisotopic (exact) mass is 261 g/mol. The van der Waals surface area contributed by atoms with Crippen molar-refractivity contribution in [2.24, 2.45) is 0 Å². The van der Waals surface area contributed by atoms with Gasteiger partial charge in [-0.1, -0.05) is 18.2 Å². The third-order valence-corrected chi connectivity index (χ3v) is 4.55. The molecular formula is C14H15NO2S. The average Bonchev–Trinajstić information content (AvgIpc) is 2.87. The summed E-state index contributed by atoms with van der Waals surface area (Å²) in [4.78, 5) is 11.1. The number of benzene rings is 1. The van der Waals surface area contributed by atoms with Gasteiger partial charge in [-0.2, -0.15) is 0 Å². The highest BCUT2D eigenvalue weighted by molar-refractivity contribution is 7.17. The number of rotatable bonds is 2. The Morgan fingerprint density at radius 2 is 2.22 bits per heavy atom. The van der Waals surface area contributed by atoms with Crippen LogP contribution in [0.3, 0.4) is 0 Å². The number of thiophene rings is 1. The number of hydrogen-bond donors (Lipinski definition) is 2. The molecule has 1 aromatic carbocycles. The molecule has 1 aromatic heterocycles. The van der Waals surface area contributed by atoms with Crippen LogP contribution in [0.4, 0.5) is 0 Å². The maximum atomic E-state index is 11.1. The fourth-order valence-corrected chi connectivity index (χ4v) is 3.64. The van der Waals surface area contributed by atoms with Crippen molar-refractivity contribution >= 4 is 27.4 Å². The maximum Gasteiger partial charge on any atom is 0.320 e. The third kappa shape index (κ3) is 2.02. The van der Waals surface area contributed by atoms with Gasteiger partial charge in [-0.3, -0.25) is 10.1 Å². The Balaban J connectivity index is 1.94. The molecule has 1 aliphatic rings. The SMILES string of the molecule is O=C(O)C1CCCC(c2cccc3ccsc23)N1. The summed E-state index contributed by atoms with van der Waals surface area (Å²) < 4.78 is 1.28. The summed E-state index contributed by atoms with van der Waals surface area (Å²) in [7, 11) is 0. The summed E-state index contributed by atoms with van der Waals surface area (Å²) in [6.45, 7) is 0. The number of carbonyl (C=O) groups is 1. The molecule has 1 aliphatic heterocycles. The molecular weight excluding hydrogens is 246 g/mol. The number of hydrogen-bond acceptors (Lipinski definition) is 3. The number of fused-ring (bicyclic) bond motifs is 1. The number of carboxylic acid groups (broad SMARTS) is 1. The summed E-state index contributed by atoms with van der Waals surface area (Å²) in [6, 6.07) is 8.14. The molecule has 3 rings (SSSR count). The van der Waals surface area contributed by atoms with E-state index in [-0.39, 0.29) is 6.04 Å². The van der Waals surface area contributed by atoms with E-state index < -0.39 is 12.0 Å². The lowest BCUT2D eigenvalue weighted by molar-refractivity contribution is -0.140. The van der Waals surface area contributed by atoms with Gasteiger partial charge in [0.25, 0.3) is 0 Å². The van der Waals surface area contributed by atoms with Crippen molar-refractivity contribution in [2.45, 2.75) is 31.3 Å². The maximum absolute atomic E-state index is 11.1. The Morgan fingerprint density at radius 1 is 1.33 bits per heavy atom. The van der Waals surface area contributed by atoms with Crippen LogP contribution in [-0.4, -0.2) is 17.1 Å². The zero-order valence-electron chi connectivity index (χ0n) is 9.93. The Bertz CT molecular complexity index is 578. The van der Waals surface area contributed by atoms with Crippen molar-refractivity contribution in [1.82, 2.24) is 5.32 Å². The molecule has 94 valence electrons. The van der Waals surface area contributed by atoms with E-state index in [4.69, 9.17) is 5.11 Å². The topological polar surface area (TPSA) is 49.3 Å². The van der Waals surface area contributed by atoms with Crippen molar-refractivity contribution in [1.29, 1.82) is 0 Å². The number of carboxylic acids is 1. The molecule has 1 saturated heterocycles. The van der Waals surface area contributed by atoms with Crippen LogP contribution in [0.5, 0.6) is 0 Å². The lowest BCUT2D eigenvalue weighted by atomic mass is 9.93. The van der Waals surface area contributed by atoms with Crippen molar-refractivity contribution in [3.8, 4) is 0 Å². The molecule has 4 heteroatoms. The quantitative estimate of drug-likeness (QED) is 0.873. The second-order valence-electron chi connectivity index (χ2n) is 4.73. The van der Waals surface area contributed by atoms with Crippen LogP contribution >= 0.6 is 11.3 Å². The molecule has 0 amide bonds. The van der Waals surface area contributed by atoms with Gasteiger partial charge < -0.3 is 5.11 Å². The van der Waals surface area contributed by atoms with Crippen LogP contribution in [0, 0.1) is 0 Å². The Morgan fingerprint density at radius 3 is 3.06 bits per heavy atom. The van der Waals surface area contributed by atoms with E-state index in [0.717, 1.165) is 19.3 Å². The van der Waals surface area contributed by atoms with Crippen molar-refractivity contribution in [2.75, 3.05) is 0 Å². The predicted molar refractivity (Wildman–Crippen MR) is 73.0 cm³/mol. The van der Waals surface area contributed by atoms with Crippen LogP contribution in [0.2, 0.25) is 0 Å². The molecule has 2 heterocycles. The summed E-state index contributed by atoms with van der Waals surface area (Å²) in [5.74, 6) is -0.738. The van der Waals surface area contributed by atoms with Gasteiger partial charge in [-0.15, -0.1) is 11.3 Å². The molecule has 2 atom stereocenters. The molecule has 1 fully saturated rings. The molecule has 2 unspecified atom stereocenters. The van der Waals surface area contributed by atoms with Crippen LogP contribution < -0.4 is 5.32 Å². The lowest BCUT2D eigenvalue weighted by Gasteiger charge is -2.29. The molecule has 0 spiro atoms. The van der Waals surface area contributed by atoms with E-state index in [1.54, 1.807) is 11.3 Å². The molecule has 0 saturated carbocycles. The lowest BCUT2D eigenvalue weighted by Crippen LogP contribution is -2.42. The van der Waals surface area contributed by atoms with Crippen LogP contribution in [-0.2, 0) is 4.79 Å². The minimum Gasteiger partial charge on any atom is -0.480 e. The number of aliphatic carboxylic acids is 1. The number of nitrogens with one attached hydrogen (secondary N) is 1. The molecule has 2 aromatic rings. The Hall–Kier alpha value is -1.39. The van der Waals surface area contributed by atoms with Gasteiger partial charge in [0.2, 0.25) is 0 Å². The molecule has 2 N–H and O–H groups in total. The highest BCUT2D eigenvalue weighted by Gasteiger charge is 2.27.